The maximum atomic E-state index is 14.6. The van der Waals surface area contributed by atoms with E-state index in [2.05, 4.69) is 20.1 Å². The van der Waals surface area contributed by atoms with Crippen LogP contribution in [0.25, 0.3) is 0 Å². The lowest BCUT2D eigenvalue weighted by Gasteiger charge is -2.41. The molecule has 8 heteroatoms. The molecule has 0 aromatic heterocycles. The molecule has 2 unspecified atom stereocenters. The Hall–Kier alpha value is -1.80. The van der Waals surface area contributed by atoms with Gasteiger partial charge >= 0.3 is 5.97 Å². The van der Waals surface area contributed by atoms with E-state index < -0.39 is 27.4 Å². The Morgan fingerprint density at radius 1 is 1.10 bits per heavy atom. The van der Waals surface area contributed by atoms with Crippen LogP contribution in [0.4, 0.5) is 0 Å². The van der Waals surface area contributed by atoms with E-state index in [0.29, 0.717) is 26.1 Å². The summed E-state index contributed by atoms with van der Waals surface area (Å²) in [6.07, 6.45) is 15.4. The molecule has 7 nitrogen and oxygen atoms in total. The molecule has 0 aromatic carbocycles. The maximum absolute atomic E-state index is 14.6. The molecule has 218 valence electrons. The molecule has 2 bridgehead atoms. The predicted molar refractivity (Wildman–Crippen MR) is 155 cm³/mol. The van der Waals surface area contributed by atoms with Gasteiger partial charge in [0.25, 0.3) is 0 Å². The molecule has 1 aliphatic carbocycles. The van der Waals surface area contributed by atoms with Crippen molar-refractivity contribution in [3.05, 3.63) is 25.3 Å². The zero-order valence-electron chi connectivity index (χ0n) is 23.8. The summed E-state index contributed by atoms with van der Waals surface area (Å²) in [7, 11) is 0. The zero-order chi connectivity index (χ0) is 28.0. The van der Waals surface area contributed by atoms with Gasteiger partial charge in [0.1, 0.15) is 6.04 Å². The van der Waals surface area contributed by atoms with Gasteiger partial charge < -0.3 is 19.6 Å². The second-order valence-corrected chi connectivity index (χ2v) is 14.0. The van der Waals surface area contributed by atoms with Crippen molar-refractivity contribution in [2.45, 2.75) is 112 Å². The van der Waals surface area contributed by atoms with E-state index >= 15 is 0 Å². The molecule has 1 N–H and O–H groups in total. The van der Waals surface area contributed by atoms with Gasteiger partial charge in [0.05, 0.1) is 23.2 Å². The van der Waals surface area contributed by atoms with Crippen LogP contribution in [0.1, 0.15) is 90.4 Å². The number of aliphatic hydroxyl groups excluding tert-OH is 1. The third-order valence-electron chi connectivity index (χ3n) is 9.49. The minimum atomic E-state index is -0.611. The fraction of sp³-hybridized carbons (Fsp3) is 0.774. The molecule has 0 radical (unpaired) electrons. The van der Waals surface area contributed by atoms with E-state index in [0.717, 1.165) is 70.6 Å². The molecular formula is C31H48N2O5S. The van der Waals surface area contributed by atoms with Gasteiger partial charge in [0.15, 0.2) is 0 Å². The Balaban J connectivity index is 1.63. The van der Waals surface area contributed by atoms with Crippen LogP contribution in [0.2, 0.25) is 0 Å². The predicted octanol–water partition coefficient (Wildman–Crippen LogP) is 4.88. The van der Waals surface area contributed by atoms with Crippen LogP contribution in [-0.2, 0) is 19.1 Å². The molecule has 1 saturated carbocycles. The van der Waals surface area contributed by atoms with Crippen LogP contribution in [0, 0.1) is 11.8 Å². The first-order valence-corrected chi connectivity index (χ1v) is 16.0. The highest BCUT2D eigenvalue weighted by Crippen LogP contribution is 2.71. The van der Waals surface area contributed by atoms with Gasteiger partial charge in [-0.15, -0.1) is 24.9 Å². The first kappa shape index (κ1) is 30.2. The third-order valence-corrected chi connectivity index (χ3v) is 11.5. The quantitative estimate of drug-likeness (QED) is 0.175. The topological polar surface area (TPSA) is 87.1 Å². The van der Waals surface area contributed by atoms with E-state index in [-0.39, 0.29) is 30.4 Å². The Morgan fingerprint density at radius 3 is 2.56 bits per heavy atom. The molecule has 4 fully saturated rings. The SMILES string of the molecule is C=CCCCCOC(=O)[C@@H]1[C@H]2C(=O)N(CCCCCO)C(C(=O)N(CC=C)C3CCCCC3)C23CC[C@@]1(C)S3. The number of amides is 2. The number of hydrogen-bond acceptors (Lipinski definition) is 6. The van der Waals surface area contributed by atoms with Crippen molar-refractivity contribution >= 4 is 29.5 Å². The van der Waals surface area contributed by atoms with Crippen LogP contribution >= 0.6 is 11.8 Å². The number of rotatable bonds is 15. The highest BCUT2D eigenvalue weighted by molar-refractivity contribution is 8.02. The molecular weight excluding hydrogens is 512 g/mol. The number of carbonyl (C=O) groups is 3. The number of aliphatic hydroxyl groups is 1. The van der Waals surface area contributed by atoms with Crippen molar-refractivity contribution in [1.82, 2.24) is 9.80 Å². The van der Waals surface area contributed by atoms with Crippen molar-refractivity contribution in [3.63, 3.8) is 0 Å². The smallest absolute Gasteiger partial charge is 0.311 e. The summed E-state index contributed by atoms with van der Waals surface area (Å²) in [6, 6.07) is -0.412. The lowest BCUT2D eigenvalue weighted by Crippen LogP contribution is -2.57. The third kappa shape index (κ3) is 5.83. The molecule has 1 spiro atoms. The first-order chi connectivity index (χ1) is 18.8. The van der Waals surface area contributed by atoms with Crippen LogP contribution in [0.5, 0.6) is 0 Å². The second kappa shape index (κ2) is 13.2. The van der Waals surface area contributed by atoms with Crippen LogP contribution in [-0.4, -0.2) is 80.6 Å². The average Bonchev–Trinajstić information content (AvgIpc) is 3.50. The van der Waals surface area contributed by atoms with E-state index in [1.807, 2.05) is 15.9 Å². The van der Waals surface area contributed by atoms with E-state index in [9.17, 15) is 19.5 Å². The monoisotopic (exact) mass is 560 g/mol. The van der Waals surface area contributed by atoms with Gasteiger partial charge in [-0.2, -0.15) is 0 Å². The van der Waals surface area contributed by atoms with E-state index in [4.69, 9.17) is 4.74 Å². The number of nitrogens with zero attached hydrogens (tertiary/aromatic N) is 2. The van der Waals surface area contributed by atoms with Crippen LogP contribution < -0.4 is 0 Å². The van der Waals surface area contributed by atoms with Gasteiger partial charge in [0.2, 0.25) is 11.8 Å². The Bertz CT molecular complexity index is 921. The van der Waals surface area contributed by atoms with Crippen molar-refractivity contribution in [3.8, 4) is 0 Å². The standard InChI is InChI=1S/C31H48N2O5S/c1-4-6-7-14-22-38-29(37)25-24-27(35)33(20-12-9-13-21-34)26(31(24)18-17-30(25,3)39-31)28(36)32(19-5-2)23-15-10-8-11-16-23/h4-5,23-26,34H,1-2,6-22H2,3H3/t24-,25-,26?,30+,31?/m0/s1. The molecule has 4 rings (SSSR count). The number of unbranched alkanes of at least 4 members (excludes halogenated alkanes) is 4. The molecule has 39 heavy (non-hydrogen) atoms. The maximum Gasteiger partial charge on any atom is 0.311 e. The van der Waals surface area contributed by atoms with Crippen molar-refractivity contribution in [1.29, 1.82) is 0 Å². The van der Waals surface area contributed by atoms with E-state index in [1.54, 1.807) is 17.8 Å². The molecule has 3 saturated heterocycles. The number of ether oxygens (including phenoxy) is 1. The highest BCUT2D eigenvalue weighted by Gasteiger charge is 2.77. The van der Waals surface area contributed by atoms with Gasteiger partial charge in [0, 0.05) is 30.5 Å². The molecule has 5 atom stereocenters. The average molecular weight is 561 g/mol. The summed E-state index contributed by atoms with van der Waals surface area (Å²) in [6.45, 7) is 11.2. The Labute approximate surface area is 238 Å². The largest absolute Gasteiger partial charge is 0.465 e. The molecule has 2 amide bonds. The Morgan fingerprint density at radius 2 is 1.87 bits per heavy atom. The number of allylic oxidation sites excluding steroid dienone is 1. The summed E-state index contributed by atoms with van der Waals surface area (Å²) >= 11 is 1.72. The Kier molecular flexibility index (Phi) is 10.2. The number of esters is 1. The first-order valence-electron chi connectivity index (χ1n) is 15.1. The molecule has 3 aliphatic heterocycles. The van der Waals surface area contributed by atoms with Crippen molar-refractivity contribution in [2.24, 2.45) is 11.8 Å². The summed E-state index contributed by atoms with van der Waals surface area (Å²) < 4.78 is 4.76. The number of carbonyl (C=O) groups excluding carboxylic acids is 3. The van der Waals surface area contributed by atoms with Gasteiger partial charge in [-0.25, -0.2) is 0 Å². The number of fused-ring (bicyclic) bond motifs is 1. The van der Waals surface area contributed by atoms with Crippen LogP contribution in [0.3, 0.4) is 0 Å². The minimum Gasteiger partial charge on any atom is -0.465 e. The lowest BCUT2D eigenvalue weighted by atomic mass is 9.66. The number of thioether (sulfide) groups is 1. The van der Waals surface area contributed by atoms with Crippen molar-refractivity contribution in [2.75, 3.05) is 26.3 Å². The van der Waals surface area contributed by atoms with Crippen LogP contribution in [0.15, 0.2) is 25.3 Å². The highest BCUT2D eigenvalue weighted by atomic mass is 32.2. The molecule has 3 heterocycles. The zero-order valence-corrected chi connectivity index (χ0v) is 24.6. The summed E-state index contributed by atoms with van der Waals surface area (Å²) in [5.41, 5.74) is 0. The summed E-state index contributed by atoms with van der Waals surface area (Å²) in [4.78, 5) is 46.2. The normalized spacial score (nSPS) is 31.8. The fourth-order valence-electron chi connectivity index (χ4n) is 7.64. The van der Waals surface area contributed by atoms with Crippen molar-refractivity contribution < 1.29 is 24.2 Å². The minimum absolute atomic E-state index is 0.0231. The van der Waals surface area contributed by atoms with Gasteiger partial charge in [-0.1, -0.05) is 31.4 Å². The summed E-state index contributed by atoms with van der Waals surface area (Å²) in [5, 5.41) is 9.27. The summed E-state index contributed by atoms with van der Waals surface area (Å²) in [5.74, 6) is -1.40. The number of hydrogen-bond donors (Lipinski definition) is 1. The molecule has 4 aliphatic rings. The van der Waals surface area contributed by atoms with Gasteiger partial charge in [-0.3, -0.25) is 14.4 Å². The van der Waals surface area contributed by atoms with E-state index in [1.165, 1.54) is 6.42 Å². The molecule has 0 aromatic rings. The number of likely N-dealkylation sites (tertiary alicyclic amines) is 1. The lowest BCUT2D eigenvalue weighted by molar-refractivity contribution is -0.155. The fourth-order valence-corrected chi connectivity index (χ4v) is 9.97. The second-order valence-electron chi connectivity index (χ2n) is 12.1. The van der Waals surface area contributed by atoms with Gasteiger partial charge in [-0.05, 0) is 71.1 Å².